The van der Waals surface area contributed by atoms with Crippen molar-refractivity contribution >= 4 is 5.97 Å². The van der Waals surface area contributed by atoms with E-state index in [1.807, 2.05) is 13.0 Å². The highest BCUT2D eigenvalue weighted by Gasteiger charge is 2.03. The maximum atomic E-state index is 11.4. The number of carbonyl (C=O) groups is 1. The summed E-state index contributed by atoms with van der Waals surface area (Å²) in [7, 11) is 0. The molecule has 0 aliphatic heterocycles. The molecule has 0 aromatic rings. The second-order valence-electron chi connectivity index (χ2n) is 3.87. The SMILES string of the molecule is CCCCCC=C(C)C(=O)OCCCC. The Morgan fingerprint density at radius 1 is 1.13 bits per heavy atom. The first kappa shape index (κ1) is 14.2. The van der Waals surface area contributed by atoms with Crippen LogP contribution < -0.4 is 0 Å². The summed E-state index contributed by atoms with van der Waals surface area (Å²) in [5.41, 5.74) is 0.752. The van der Waals surface area contributed by atoms with Gasteiger partial charge < -0.3 is 4.74 Å². The molecule has 0 aromatic carbocycles. The molecule has 0 saturated heterocycles. The minimum atomic E-state index is -0.153. The van der Waals surface area contributed by atoms with Crippen LogP contribution in [0.3, 0.4) is 0 Å². The fourth-order valence-electron chi connectivity index (χ4n) is 1.22. The van der Waals surface area contributed by atoms with Crippen LogP contribution in [0.4, 0.5) is 0 Å². The number of allylic oxidation sites excluding steroid dienone is 1. The van der Waals surface area contributed by atoms with Gasteiger partial charge in [0.2, 0.25) is 0 Å². The van der Waals surface area contributed by atoms with Crippen molar-refractivity contribution in [1.82, 2.24) is 0 Å². The molecule has 0 aliphatic carbocycles. The van der Waals surface area contributed by atoms with Gasteiger partial charge in [-0.1, -0.05) is 39.2 Å². The zero-order valence-electron chi connectivity index (χ0n) is 10.3. The molecule has 0 rings (SSSR count). The molecule has 0 aliphatic rings. The number of ether oxygens (including phenoxy) is 1. The van der Waals surface area contributed by atoms with Crippen LogP contribution in [0.25, 0.3) is 0 Å². The summed E-state index contributed by atoms with van der Waals surface area (Å²) in [5, 5.41) is 0. The van der Waals surface area contributed by atoms with Gasteiger partial charge in [0, 0.05) is 5.57 Å². The van der Waals surface area contributed by atoms with Gasteiger partial charge in [0.05, 0.1) is 6.61 Å². The van der Waals surface area contributed by atoms with Gasteiger partial charge >= 0.3 is 5.97 Å². The van der Waals surface area contributed by atoms with E-state index in [0.717, 1.165) is 31.3 Å². The first-order chi connectivity index (χ1) is 7.22. The molecule has 0 atom stereocenters. The van der Waals surface area contributed by atoms with Gasteiger partial charge in [0.1, 0.15) is 0 Å². The molecule has 0 amide bonds. The number of esters is 1. The summed E-state index contributed by atoms with van der Waals surface area (Å²) in [6.45, 7) is 6.65. The lowest BCUT2D eigenvalue weighted by atomic mass is 10.1. The Hall–Kier alpha value is -0.790. The molecule has 0 unspecified atom stereocenters. The van der Waals surface area contributed by atoms with Crippen molar-refractivity contribution < 1.29 is 9.53 Å². The quantitative estimate of drug-likeness (QED) is 0.347. The largest absolute Gasteiger partial charge is 0.462 e. The average Bonchev–Trinajstić information content (AvgIpc) is 2.24. The average molecular weight is 212 g/mol. The molecule has 0 saturated carbocycles. The summed E-state index contributed by atoms with van der Waals surface area (Å²) in [4.78, 5) is 11.4. The lowest BCUT2D eigenvalue weighted by molar-refractivity contribution is -0.139. The Bertz CT molecular complexity index is 195. The van der Waals surface area contributed by atoms with E-state index in [2.05, 4.69) is 13.8 Å². The second-order valence-corrected chi connectivity index (χ2v) is 3.87. The molecule has 0 heterocycles. The first-order valence-electron chi connectivity index (χ1n) is 6.06. The van der Waals surface area contributed by atoms with Crippen molar-refractivity contribution in [2.75, 3.05) is 6.61 Å². The van der Waals surface area contributed by atoms with Crippen molar-refractivity contribution in [2.45, 2.75) is 59.3 Å². The Labute approximate surface area is 93.7 Å². The van der Waals surface area contributed by atoms with Crippen LogP contribution >= 0.6 is 0 Å². The van der Waals surface area contributed by atoms with Crippen molar-refractivity contribution in [3.63, 3.8) is 0 Å². The van der Waals surface area contributed by atoms with E-state index in [1.165, 1.54) is 12.8 Å². The van der Waals surface area contributed by atoms with Crippen LogP contribution in [0, 0.1) is 0 Å². The first-order valence-corrected chi connectivity index (χ1v) is 6.06. The highest BCUT2D eigenvalue weighted by Crippen LogP contribution is 2.05. The second kappa shape index (κ2) is 9.75. The van der Waals surface area contributed by atoms with Gasteiger partial charge in [-0.15, -0.1) is 0 Å². The number of hydrogen-bond donors (Lipinski definition) is 0. The van der Waals surface area contributed by atoms with Gasteiger partial charge in [-0.05, 0) is 26.2 Å². The third-order valence-electron chi connectivity index (χ3n) is 2.31. The van der Waals surface area contributed by atoms with Crippen LogP contribution in [0.1, 0.15) is 59.3 Å². The molecule has 88 valence electrons. The minimum absolute atomic E-state index is 0.153. The fourth-order valence-corrected chi connectivity index (χ4v) is 1.22. The van der Waals surface area contributed by atoms with Gasteiger partial charge in [0.25, 0.3) is 0 Å². The van der Waals surface area contributed by atoms with E-state index in [4.69, 9.17) is 4.74 Å². The van der Waals surface area contributed by atoms with E-state index in [1.54, 1.807) is 0 Å². The zero-order chi connectivity index (χ0) is 11.5. The Morgan fingerprint density at radius 3 is 2.40 bits per heavy atom. The lowest BCUT2D eigenvalue weighted by Gasteiger charge is -2.03. The van der Waals surface area contributed by atoms with E-state index in [0.29, 0.717) is 6.61 Å². The third-order valence-corrected chi connectivity index (χ3v) is 2.31. The molecule has 15 heavy (non-hydrogen) atoms. The predicted octanol–water partition coefficient (Wildman–Crippen LogP) is 3.86. The number of hydrogen-bond acceptors (Lipinski definition) is 2. The van der Waals surface area contributed by atoms with Crippen molar-refractivity contribution in [2.24, 2.45) is 0 Å². The zero-order valence-corrected chi connectivity index (χ0v) is 10.3. The smallest absolute Gasteiger partial charge is 0.333 e. The molecule has 0 bridgehead atoms. The maximum absolute atomic E-state index is 11.4. The highest BCUT2D eigenvalue weighted by atomic mass is 16.5. The van der Waals surface area contributed by atoms with Gasteiger partial charge in [-0.25, -0.2) is 4.79 Å². The van der Waals surface area contributed by atoms with Crippen LogP contribution in [-0.2, 0) is 9.53 Å². The maximum Gasteiger partial charge on any atom is 0.333 e. The molecular weight excluding hydrogens is 188 g/mol. The topological polar surface area (TPSA) is 26.3 Å². The summed E-state index contributed by atoms with van der Waals surface area (Å²) < 4.78 is 5.09. The van der Waals surface area contributed by atoms with E-state index >= 15 is 0 Å². The van der Waals surface area contributed by atoms with Crippen molar-refractivity contribution in [3.8, 4) is 0 Å². The molecule has 0 fully saturated rings. The van der Waals surface area contributed by atoms with Gasteiger partial charge in [0.15, 0.2) is 0 Å². The molecule has 2 heteroatoms. The normalized spacial score (nSPS) is 11.5. The van der Waals surface area contributed by atoms with E-state index in [9.17, 15) is 4.79 Å². The van der Waals surface area contributed by atoms with Gasteiger partial charge in [-0.3, -0.25) is 0 Å². The highest BCUT2D eigenvalue weighted by molar-refractivity contribution is 5.87. The molecule has 0 aromatic heterocycles. The summed E-state index contributed by atoms with van der Waals surface area (Å²) in [6, 6.07) is 0. The van der Waals surface area contributed by atoms with Crippen LogP contribution in [0.2, 0.25) is 0 Å². The number of unbranched alkanes of at least 4 members (excludes halogenated alkanes) is 4. The van der Waals surface area contributed by atoms with E-state index in [-0.39, 0.29) is 5.97 Å². The molecule has 0 radical (unpaired) electrons. The molecule has 0 spiro atoms. The Kier molecular flexibility index (Phi) is 9.24. The van der Waals surface area contributed by atoms with E-state index < -0.39 is 0 Å². The lowest BCUT2D eigenvalue weighted by Crippen LogP contribution is -2.06. The third kappa shape index (κ3) is 8.22. The fraction of sp³-hybridized carbons (Fsp3) is 0.769. The molecule has 2 nitrogen and oxygen atoms in total. The minimum Gasteiger partial charge on any atom is -0.462 e. The summed E-state index contributed by atoms with van der Waals surface area (Å²) in [6.07, 6.45) is 8.60. The van der Waals surface area contributed by atoms with Crippen LogP contribution in [0.15, 0.2) is 11.6 Å². The van der Waals surface area contributed by atoms with Crippen molar-refractivity contribution in [1.29, 1.82) is 0 Å². The summed E-state index contributed by atoms with van der Waals surface area (Å²) in [5.74, 6) is -0.153. The predicted molar refractivity (Wildman–Crippen MR) is 63.8 cm³/mol. The molecular formula is C13H24O2. The molecule has 0 N–H and O–H groups in total. The van der Waals surface area contributed by atoms with Crippen LogP contribution in [0.5, 0.6) is 0 Å². The Balaban J connectivity index is 3.66. The standard InChI is InChI=1S/C13H24O2/c1-4-6-8-9-10-12(3)13(14)15-11-7-5-2/h10H,4-9,11H2,1-3H3. The Morgan fingerprint density at radius 2 is 1.80 bits per heavy atom. The van der Waals surface area contributed by atoms with Crippen LogP contribution in [-0.4, -0.2) is 12.6 Å². The van der Waals surface area contributed by atoms with Gasteiger partial charge in [-0.2, -0.15) is 0 Å². The number of carbonyl (C=O) groups excluding carboxylic acids is 1. The monoisotopic (exact) mass is 212 g/mol. The summed E-state index contributed by atoms with van der Waals surface area (Å²) >= 11 is 0. The number of rotatable bonds is 8. The van der Waals surface area contributed by atoms with Crippen molar-refractivity contribution in [3.05, 3.63) is 11.6 Å².